The van der Waals surface area contributed by atoms with Crippen molar-refractivity contribution in [3.63, 3.8) is 0 Å². The van der Waals surface area contributed by atoms with Crippen LogP contribution < -0.4 is 10.6 Å². The van der Waals surface area contributed by atoms with Crippen LogP contribution in [0.3, 0.4) is 0 Å². The van der Waals surface area contributed by atoms with Gasteiger partial charge in [0, 0.05) is 35.3 Å². The molecule has 0 aliphatic carbocycles. The lowest BCUT2D eigenvalue weighted by Crippen LogP contribution is -2.29. The number of hydrogen-bond acceptors (Lipinski definition) is 4. The minimum Gasteiger partial charge on any atom is -0.384 e. The molecule has 0 spiro atoms. The van der Waals surface area contributed by atoms with E-state index < -0.39 is 0 Å². The largest absolute Gasteiger partial charge is 0.384 e. The Hall–Kier alpha value is -1.23. The maximum Gasteiger partial charge on any atom is 0.125 e. The summed E-state index contributed by atoms with van der Waals surface area (Å²) in [6, 6.07) is 1.82. The fourth-order valence-electron chi connectivity index (χ4n) is 2.13. The molecule has 98 valence electrons. The number of nitrogens with one attached hydrogen (secondary N) is 1. The zero-order chi connectivity index (χ0) is 13.2. The molecule has 1 aliphatic heterocycles. The van der Waals surface area contributed by atoms with E-state index in [1.54, 1.807) is 6.20 Å². The molecular formula is C13H20N4S. The fraction of sp³-hybridized carbons (Fsp3) is 0.538. The fourth-order valence-corrected chi connectivity index (χ4v) is 3.23. The molecule has 0 bridgehead atoms. The van der Waals surface area contributed by atoms with Crippen molar-refractivity contribution in [1.29, 1.82) is 5.41 Å². The van der Waals surface area contributed by atoms with Crippen molar-refractivity contribution in [2.45, 2.75) is 25.0 Å². The lowest BCUT2D eigenvalue weighted by Gasteiger charge is -2.25. The summed E-state index contributed by atoms with van der Waals surface area (Å²) in [4.78, 5) is 6.47. The lowest BCUT2D eigenvalue weighted by molar-refractivity contribution is 0.637. The Bertz CT molecular complexity index is 444. The summed E-state index contributed by atoms with van der Waals surface area (Å²) in [5.41, 5.74) is 7.41. The molecule has 0 amide bonds. The molecule has 2 heterocycles. The summed E-state index contributed by atoms with van der Waals surface area (Å²) in [5.74, 6) is 1.21. The summed E-state index contributed by atoms with van der Waals surface area (Å²) < 4.78 is 0.327. The molecule has 0 atom stereocenters. The van der Waals surface area contributed by atoms with E-state index in [0.717, 1.165) is 36.5 Å². The summed E-state index contributed by atoms with van der Waals surface area (Å²) >= 11 is 2.01. The zero-order valence-corrected chi connectivity index (χ0v) is 11.8. The van der Waals surface area contributed by atoms with E-state index >= 15 is 0 Å². The van der Waals surface area contributed by atoms with Crippen LogP contribution in [0.2, 0.25) is 0 Å². The summed E-state index contributed by atoms with van der Waals surface area (Å²) in [6.07, 6.45) is 4.64. The van der Waals surface area contributed by atoms with E-state index in [4.69, 9.17) is 11.1 Å². The molecule has 0 radical (unpaired) electrons. The van der Waals surface area contributed by atoms with Crippen LogP contribution >= 0.6 is 11.8 Å². The van der Waals surface area contributed by atoms with Crippen molar-refractivity contribution in [3.05, 3.63) is 24.0 Å². The number of rotatable bonds is 2. The number of nitrogens with zero attached hydrogens (tertiary/aromatic N) is 2. The van der Waals surface area contributed by atoms with Gasteiger partial charge in [0.1, 0.15) is 5.84 Å². The number of thioether (sulfide) groups is 1. The molecule has 5 heteroatoms. The van der Waals surface area contributed by atoms with Gasteiger partial charge in [-0.15, -0.1) is 0 Å². The van der Waals surface area contributed by atoms with Crippen LogP contribution in [0.4, 0.5) is 5.69 Å². The van der Waals surface area contributed by atoms with Crippen molar-refractivity contribution in [2.24, 2.45) is 5.73 Å². The van der Waals surface area contributed by atoms with Crippen LogP contribution in [-0.4, -0.2) is 34.4 Å². The second-order valence-corrected chi connectivity index (χ2v) is 6.95. The van der Waals surface area contributed by atoms with E-state index in [2.05, 4.69) is 23.7 Å². The molecule has 1 aromatic rings. The van der Waals surface area contributed by atoms with Crippen LogP contribution in [0.5, 0.6) is 0 Å². The van der Waals surface area contributed by atoms with Crippen LogP contribution in [0.1, 0.15) is 25.8 Å². The van der Waals surface area contributed by atoms with Gasteiger partial charge in [0.15, 0.2) is 0 Å². The SMILES string of the molecule is CC1(C)CCN(c2cnccc2C(=N)N)CCS1. The Morgan fingerprint density at radius 1 is 1.50 bits per heavy atom. The standard InChI is InChI=1S/C13H20N4S/c1-13(2)4-6-17(7-8-18-13)11-9-16-5-3-10(11)12(14)15/h3,5,9H,4,6-8H2,1-2H3,(H3,14,15). The van der Waals surface area contributed by atoms with E-state index in [-0.39, 0.29) is 5.84 Å². The van der Waals surface area contributed by atoms with E-state index in [1.807, 2.05) is 24.0 Å². The van der Waals surface area contributed by atoms with Crippen LogP contribution in [0.15, 0.2) is 18.5 Å². The van der Waals surface area contributed by atoms with Crippen molar-refractivity contribution in [3.8, 4) is 0 Å². The number of nitrogen functional groups attached to an aromatic ring is 1. The van der Waals surface area contributed by atoms with Gasteiger partial charge in [0.05, 0.1) is 11.9 Å². The Morgan fingerprint density at radius 3 is 3.00 bits per heavy atom. The van der Waals surface area contributed by atoms with Crippen molar-refractivity contribution >= 4 is 23.3 Å². The highest BCUT2D eigenvalue weighted by Crippen LogP contribution is 2.32. The first-order valence-corrected chi connectivity index (χ1v) is 7.15. The van der Waals surface area contributed by atoms with Gasteiger partial charge in [-0.1, -0.05) is 13.8 Å². The van der Waals surface area contributed by atoms with Gasteiger partial charge in [-0.05, 0) is 12.5 Å². The Balaban J connectivity index is 2.24. The van der Waals surface area contributed by atoms with Gasteiger partial charge in [-0.2, -0.15) is 11.8 Å². The maximum atomic E-state index is 7.65. The highest BCUT2D eigenvalue weighted by molar-refractivity contribution is 8.00. The Labute approximate surface area is 112 Å². The first kappa shape index (κ1) is 13.2. The lowest BCUT2D eigenvalue weighted by atomic mass is 10.1. The molecule has 1 aromatic heterocycles. The minimum absolute atomic E-state index is 0.114. The zero-order valence-electron chi connectivity index (χ0n) is 10.9. The predicted octanol–water partition coefficient (Wildman–Crippen LogP) is 2.09. The average molecular weight is 264 g/mol. The number of hydrogen-bond donors (Lipinski definition) is 2. The highest BCUT2D eigenvalue weighted by atomic mass is 32.2. The quantitative estimate of drug-likeness (QED) is 0.634. The first-order chi connectivity index (χ1) is 8.49. The van der Waals surface area contributed by atoms with Gasteiger partial charge < -0.3 is 10.6 Å². The molecule has 1 saturated heterocycles. The summed E-state index contributed by atoms with van der Waals surface area (Å²) in [7, 11) is 0. The number of amidine groups is 1. The van der Waals surface area contributed by atoms with Gasteiger partial charge >= 0.3 is 0 Å². The molecule has 1 fully saturated rings. The molecular weight excluding hydrogens is 244 g/mol. The third-order valence-electron chi connectivity index (χ3n) is 3.27. The van der Waals surface area contributed by atoms with Crippen molar-refractivity contribution < 1.29 is 0 Å². The van der Waals surface area contributed by atoms with Crippen molar-refractivity contribution in [1.82, 2.24) is 4.98 Å². The summed E-state index contributed by atoms with van der Waals surface area (Å²) in [5, 5.41) is 7.65. The smallest absolute Gasteiger partial charge is 0.125 e. The highest BCUT2D eigenvalue weighted by Gasteiger charge is 2.25. The number of anilines is 1. The first-order valence-electron chi connectivity index (χ1n) is 6.17. The maximum absolute atomic E-state index is 7.65. The number of pyridine rings is 1. The van der Waals surface area contributed by atoms with Crippen LogP contribution in [-0.2, 0) is 0 Å². The Kier molecular flexibility index (Phi) is 3.80. The molecule has 0 unspecified atom stereocenters. The molecule has 1 aliphatic rings. The third-order valence-corrected chi connectivity index (χ3v) is 4.64. The predicted molar refractivity (Wildman–Crippen MR) is 78.6 cm³/mol. The number of nitrogens with two attached hydrogens (primary N) is 1. The monoisotopic (exact) mass is 264 g/mol. The summed E-state index contributed by atoms with van der Waals surface area (Å²) in [6.45, 7) is 6.55. The van der Waals surface area contributed by atoms with Gasteiger partial charge in [-0.25, -0.2) is 0 Å². The third kappa shape index (κ3) is 2.96. The van der Waals surface area contributed by atoms with E-state index in [0.29, 0.717) is 4.75 Å². The molecule has 18 heavy (non-hydrogen) atoms. The minimum atomic E-state index is 0.114. The van der Waals surface area contributed by atoms with Gasteiger partial charge in [0.2, 0.25) is 0 Å². The Morgan fingerprint density at radius 2 is 2.28 bits per heavy atom. The van der Waals surface area contributed by atoms with Gasteiger partial charge in [-0.3, -0.25) is 10.4 Å². The molecule has 2 rings (SSSR count). The molecule has 0 aromatic carbocycles. The normalized spacial score (nSPS) is 19.3. The molecule has 0 saturated carbocycles. The second-order valence-electron chi connectivity index (χ2n) is 5.15. The van der Waals surface area contributed by atoms with E-state index in [9.17, 15) is 0 Å². The van der Waals surface area contributed by atoms with Crippen molar-refractivity contribution in [2.75, 3.05) is 23.7 Å². The topological polar surface area (TPSA) is 66.0 Å². The van der Waals surface area contributed by atoms with Crippen LogP contribution in [0, 0.1) is 5.41 Å². The van der Waals surface area contributed by atoms with Crippen LogP contribution in [0.25, 0.3) is 0 Å². The second kappa shape index (κ2) is 5.18. The average Bonchev–Trinajstić information content (AvgIpc) is 2.50. The number of aromatic nitrogens is 1. The molecule has 3 N–H and O–H groups in total. The van der Waals surface area contributed by atoms with Gasteiger partial charge in [0.25, 0.3) is 0 Å². The van der Waals surface area contributed by atoms with E-state index in [1.165, 1.54) is 0 Å². The molecule has 4 nitrogen and oxygen atoms in total.